The fourth-order valence-electron chi connectivity index (χ4n) is 2.95. The van der Waals surface area contributed by atoms with Crippen LogP contribution in [-0.4, -0.2) is 15.5 Å². The van der Waals surface area contributed by atoms with Crippen molar-refractivity contribution in [1.29, 1.82) is 0 Å². The predicted molar refractivity (Wildman–Crippen MR) is 104 cm³/mol. The highest BCUT2D eigenvalue weighted by Gasteiger charge is 2.22. The predicted octanol–water partition coefficient (Wildman–Crippen LogP) is 4.68. The van der Waals surface area contributed by atoms with Crippen molar-refractivity contribution in [1.82, 2.24) is 4.72 Å². The van der Waals surface area contributed by atoms with E-state index >= 15 is 0 Å². The molecule has 1 unspecified atom stereocenters. The molecule has 3 aromatic carbocycles. The van der Waals surface area contributed by atoms with Gasteiger partial charge in [-0.25, -0.2) is 21.9 Å². The number of rotatable bonds is 6. The first-order valence-electron chi connectivity index (χ1n) is 8.52. The third-order valence-electron chi connectivity index (χ3n) is 4.33. The summed E-state index contributed by atoms with van der Waals surface area (Å²) in [4.78, 5) is 0.0162. The Balaban J connectivity index is 2.00. The van der Waals surface area contributed by atoms with Crippen molar-refractivity contribution in [3.8, 4) is 16.9 Å². The maximum atomic E-state index is 14.3. The van der Waals surface area contributed by atoms with Gasteiger partial charge in [0.15, 0.2) is 0 Å². The number of hydrogen-bond donors (Lipinski definition) is 1. The standard InChI is InChI=1S/C21H19F2NO3S/c1-14(24-28(25,26)17-7-5-6-16(13-17)27-2)20-12-15(22)10-11-18(20)19-8-3-4-9-21(19)23/h3-14,24H,1-2H3. The highest BCUT2D eigenvalue weighted by atomic mass is 32.2. The number of benzene rings is 3. The molecule has 28 heavy (non-hydrogen) atoms. The van der Waals surface area contributed by atoms with Crippen molar-refractivity contribution in [2.75, 3.05) is 7.11 Å². The fraction of sp³-hybridized carbons (Fsp3) is 0.143. The monoisotopic (exact) mass is 403 g/mol. The summed E-state index contributed by atoms with van der Waals surface area (Å²) in [5.41, 5.74) is 1.02. The van der Waals surface area contributed by atoms with Crippen LogP contribution in [0.15, 0.2) is 71.6 Å². The smallest absolute Gasteiger partial charge is 0.241 e. The summed E-state index contributed by atoms with van der Waals surface area (Å²) in [6.07, 6.45) is 0. The van der Waals surface area contributed by atoms with Crippen molar-refractivity contribution in [3.63, 3.8) is 0 Å². The molecule has 0 amide bonds. The minimum Gasteiger partial charge on any atom is -0.497 e. The molecule has 0 aliphatic heterocycles. The molecule has 3 rings (SSSR count). The van der Waals surface area contributed by atoms with E-state index in [2.05, 4.69) is 4.72 Å². The van der Waals surface area contributed by atoms with E-state index in [9.17, 15) is 17.2 Å². The van der Waals surface area contributed by atoms with E-state index in [1.165, 1.54) is 43.5 Å². The number of halogens is 2. The van der Waals surface area contributed by atoms with E-state index in [0.29, 0.717) is 16.9 Å². The number of hydrogen-bond acceptors (Lipinski definition) is 3. The van der Waals surface area contributed by atoms with E-state index in [1.54, 1.807) is 37.3 Å². The minimum absolute atomic E-state index is 0.0162. The lowest BCUT2D eigenvalue weighted by molar-refractivity contribution is 0.413. The second kappa shape index (κ2) is 8.08. The second-order valence-electron chi connectivity index (χ2n) is 6.23. The Hall–Kier alpha value is -2.77. The maximum absolute atomic E-state index is 14.3. The average molecular weight is 403 g/mol. The third-order valence-corrected chi connectivity index (χ3v) is 5.87. The Morgan fingerprint density at radius 1 is 0.929 bits per heavy atom. The zero-order chi connectivity index (χ0) is 20.3. The number of methoxy groups -OCH3 is 1. The van der Waals surface area contributed by atoms with Crippen LogP contribution in [0.4, 0.5) is 8.78 Å². The van der Waals surface area contributed by atoms with E-state index in [4.69, 9.17) is 4.74 Å². The summed E-state index contributed by atoms with van der Waals surface area (Å²) < 4.78 is 61.2. The van der Waals surface area contributed by atoms with Gasteiger partial charge in [-0.2, -0.15) is 0 Å². The van der Waals surface area contributed by atoms with Gasteiger partial charge in [0.1, 0.15) is 17.4 Å². The Labute approximate surface area is 162 Å². The zero-order valence-corrected chi connectivity index (χ0v) is 16.1. The molecule has 0 fully saturated rings. The van der Waals surface area contributed by atoms with Gasteiger partial charge in [0, 0.05) is 17.7 Å². The molecular weight excluding hydrogens is 384 g/mol. The van der Waals surface area contributed by atoms with Gasteiger partial charge in [-0.15, -0.1) is 0 Å². The highest BCUT2D eigenvalue weighted by Crippen LogP contribution is 2.31. The number of sulfonamides is 1. The largest absolute Gasteiger partial charge is 0.497 e. The van der Waals surface area contributed by atoms with Crippen LogP contribution >= 0.6 is 0 Å². The molecule has 0 saturated carbocycles. The van der Waals surface area contributed by atoms with Gasteiger partial charge < -0.3 is 4.74 Å². The lowest BCUT2D eigenvalue weighted by Crippen LogP contribution is -2.27. The zero-order valence-electron chi connectivity index (χ0n) is 15.3. The molecule has 0 heterocycles. The lowest BCUT2D eigenvalue weighted by Gasteiger charge is -2.19. The van der Waals surface area contributed by atoms with Crippen molar-refractivity contribution < 1.29 is 21.9 Å². The summed E-state index contributed by atoms with van der Waals surface area (Å²) in [6, 6.07) is 15.2. The van der Waals surface area contributed by atoms with Crippen molar-refractivity contribution in [3.05, 3.63) is 83.9 Å². The van der Waals surface area contributed by atoms with Crippen molar-refractivity contribution in [2.45, 2.75) is 17.9 Å². The van der Waals surface area contributed by atoms with Crippen LogP contribution in [0.2, 0.25) is 0 Å². The molecule has 3 aromatic rings. The first-order valence-corrected chi connectivity index (χ1v) is 10.0. The fourth-order valence-corrected chi connectivity index (χ4v) is 4.21. The molecule has 0 spiro atoms. The summed E-state index contributed by atoms with van der Waals surface area (Å²) in [6.45, 7) is 1.58. The molecule has 4 nitrogen and oxygen atoms in total. The molecule has 1 N–H and O–H groups in total. The summed E-state index contributed by atoms with van der Waals surface area (Å²) in [7, 11) is -2.47. The Kier molecular flexibility index (Phi) is 5.76. The molecule has 1 atom stereocenters. The molecular formula is C21H19F2NO3S. The van der Waals surface area contributed by atoms with E-state index in [-0.39, 0.29) is 10.5 Å². The average Bonchev–Trinajstić information content (AvgIpc) is 2.68. The SMILES string of the molecule is COc1cccc(S(=O)(=O)NC(C)c2cc(F)ccc2-c2ccccc2F)c1. The van der Waals surface area contributed by atoms with E-state index in [0.717, 1.165) is 0 Å². The summed E-state index contributed by atoms with van der Waals surface area (Å²) in [5.74, 6) is -0.617. The van der Waals surface area contributed by atoms with Crippen LogP contribution in [0.5, 0.6) is 5.75 Å². The first kappa shape index (κ1) is 20.0. The molecule has 0 aliphatic rings. The first-order chi connectivity index (χ1) is 13.3. The number of nitrogens with one attached hydrogen (secondary N) is 1. The maximum Gasteiger partial charge on any atom is 0.241 e. The van der Waals surface area contributed by atoms with Gasteiger partial charge in [-0.3, -0.25) is 0 Å². The molecule has 7 heteroatoms. The molecule has 0 aliphatic carbocycles. The second-order valence-corrected chi connectivity index (χ2v) is 7.95. The van der Waals surface area contributed by atoms with Gasteiger partial charge in [0.25, 0.3) is 0 Å². The van der Waals surface area contributed by atoms with Gasteiger partial charge in [-0.05, 0) is 48.4 Å². The molecule has 0 radical (unpaired) electrons. The highest BCUT2D eigenvalue weighted by molar-refractivity contribution is 7.89. The van der Waals surface area contributed by atoms with Crippen LogP contribution in [0.3, 0.4) is 0 Å². The Bertz CT molecular complexity index is 1100. The Morgan fingerprint density at radius 2 is 1.68 bits per heavy atom. The summed E-state index contributed by atoms with van der Waals surface area (Å²) >= 11 is 0. The molecule has 0 aromatic heterocycles. The van der Waals surface area contributed by atoms with Crippen LogP contribution < -0.4 is 9.46 Å². The summed E-state index contributed by atoms with van der Waals surface area (Å²) in [5, 5.41) is 0. The lowest BCUT2D eigenvalue weighted by atomic mass is 9.95. The van der Waals surface area contributed by atoms with E-state index in [1.807, 2.05) is 0 Å². The molecule has 0 bridgehead atoms. The van der Waals surface area contributed by atoms with Crippen LogP contribution in [0, 0.1) is 11.6 Å². The topological polar surface area (TPSA) is 55.4 Å². The van der Waals surface area contributed by atoms with Gasteiger partial charge in [0.2, 0.25) is 10.0 Å². The van der Waals surface area contributed by atoms with Crippen molar-refractivity contribution in [2.24, 2.45) is 0 Å². The third kappa shape index (κ3) is 4.21. The molecule has 0 saturated heterocycles. The minimum atomic E-state index is -3.91. The normalized spacial score (nSPS) is 12.6. The van der Waals surface area contributed by atoms with Crippen LogP contribution in [-0.2, 0) is 10.0 Å². The van der Waals surface area contributed by atoms with Gasteiger partial charge >= 0.3 is 0 Å². The van der Waals surface area contributed by atoms with Gasteiger partial charge in [-0.1, -0.05) is 30.3 Å². The van der Waals surface area contributed by atoms with E-state index < -0.39 is 27.7 Å². The Morgan fingerprint density at radius 3 is 2.39 bits per heavy atom. The molecule has 146 valence electrons. The van der Waals surface area contributed by atoms with Gasteiger partial charge in [0.05, 0.1) is 12.0 Å². The quantitative estimate of drug-likeness (QED) is 0.650. The number of ether oxygens (including phenoxy) is 1. The van der Waals surface area contributed by atoms with Crippen LogP contribution in [0.1, 0.15) is 18.5 Å². The van der Waals surface area contributed by atoms with Crippen LogP contribution in [0.25, 0.3) is 11.1 Å². The van der Waals surface area contributed by atoms with Crippen molar-refractivity contribution >= 4 is 10.0 Å².